The molecule has 0 fully saturated rings. The summed E-state index contributed by atoms with van der Waals surface area (Å²) in [7, 11) is 0. The smallest absolute Gasteiger partial charge is 0.178 e. The van der Waals surface area contributed by atoms with Gasteiger partial charge in [-0.1, -0.05) is 0 Å². The van der Waals surface area contributed by atoms with Crippen molar-refractivity contribution in [1.29, 1.82) is 0 Å². The third-order valence-electron chi connectivity index (χ3n) is 5.61. The van der Waals surface area contributed by atoms with Crippen molar-refractivity contribution in [2.24, 2.45) is 0 Å². The molecule has 1 aromatic carbocycles. The van der Waals surface area contributed by atoms with Gasteiger partial charge in [-0.2, -0.15) is 9.49 Å². The first kappa shape index (κ1) is 21.4. The molecule has 0 saturated carbocycles. The molecule has 0 radical (unpaired) electrons. The number of aromatic amines is 2. The fourth-order valence-electron chi connectivity index (χ4n) is 4.13. The van der Waals surface area contributed by atoms with Crippen molar-refractivity contribution in [3.8, 4) is 33.1 Å². The Morgan fingerprint density at radius 1 is 1.03 bits per heavy atom. The number of nitrogens with one attached hydrogen (secondary N) is 3. The van der Waals surface area contributed by atoms with Crippen LogP contribution in [0, 0.1) is 10.9 Å². The van der Waals surface area contributed by atoms with E-state index in [4.69, 9.17) is 0 Å². The van der Waals surface area contributed by atoms with Crippen LogP contribution < -0.4 is 5.32 Å². The second-order valence-electron chi connectivity index (χ2n) is 8.46. The maximum Gasteiger partial charge on any atom is 0.178 e. The molecule has 3 N–H and O–H groups in total. The van der Waals surface area contributed by atoms with E-state index >= 15 is 4.39 Å². The van der Waals surface area contributed by atoms with Crippen molar-refractivity contribution >= 4 is 39.1 Å². The highest BCUT2D eigenvalue weighted by Gasteiger charge is 2.19. The Balaban J connectivity index is 1.48. The van der Waals surface area contributed by atoms with Crippen LogP contribution >= 0.6 is 11.3 Å². The molecule has 6 rings (SSSR count). The van der Waals surface area contributed by atoms with E-state index in [9.17, 15) is 4.39 Å². The summed E-state index contributed by atoms with van der Waals surface area (Å²) in [5, 5.41) is 10.7. The molecule has 174 valence electrons. The van der Waals surface area contributed by atoms with Crippen LogP contribution in [0.1, 0.15) is 13.8 Å². The lowest BCUT2D eigenvalue weighted by Gasteiger charge is -2.11. The van der Waals surface area contributed by atoms with Crippen LogP contribution in [0.3, 0.4) is 0 Å². The highest BCUT2D eigenvalue weighted by molar-refractivity contribution is 7.14. The van der Waals surface area contributed by atoms with Gasteiger partial charge in [0.2, 0.25) is 0 Å². The van der Waals surface area contributed by atoms with Gasteiger partial charge in [-0.15, -0.1) is 11.3 Å². The first-order chi connectivity index (χ1) is 17.0. The molecule has 35 heavy (non-hydrogen) atoms. The molecule has 0 atom stereocenters. The maximum atomic E-state index is 15.1. The second-order valence-corrected chi connectivity index (χ2v) is 9.49. The summed E-state index contributed by atoms with van der Waals surface area (Å²) >= 11 is 1.05. The molecule has 0 unspecified atom stereocenters. The monoisotopic (exact) mass is 487 g/mol. The average Bonchev–Trinajstić information content (AvgIpc) is 3.56. The molecule has 0 bridgehead atoms. The predicted octanol–water partition coefficient (Wildman–Crippen LogP) is 6.39. The largest absolute Gasteiger partial charge is 0.382 e. The van der Waals surface area contributed by atoms with Gasteiger partial charge in [0.05, 0.1) is 11.2 Å². The van der Waals surface area contributed by atoms with Crippen molar-refractivity contribution < 1.29 is 8.78 Å². The number of nitrogens with zero attached hydrogens (tertiary/aromatic N) is 4. The molecular formula is C25H19F2N7S. The minimum Gasteiger partial charge on any atom is -0.382 e. The minimum absolute atomic E-state index is 0.210. The molecule has 5 heterocycles. The molecule has 0 amide bonds. The van der Waals surface area contributed by atoms with E-state index in [1.807, 2.05) is 32.0 Å². The standard InChI is InChI=1S/C25H19F2N7S/c1-12(2)30-15-7-14(10-28-11-15)13-8-17-21(18(26)9-13)33-34-23(17)25-31-22-16(5-6-29-24(22)32-25)19-3-4-20(27)35-19/h3-12,30H,1-2H3,(H,33,34)(H,29,31,32). The van der Waals surface area contributed by atoms with Gasteiger partial charge in [0.15, 0.2) is 22.4 Å². The summed E-state index contributed by atoms with van der Waals surface area (Å²) in [6, 6.07) is 10.4. The summed E-state index contributed by atoms with van der Waals surface area (Å²) in [5.41, 5.74) is 4.97. The van der Waals surface area contributed by atoms with E-state index in [0.717, 1.165) is 33.0 Å². The molecule has 0 aliphatic heterocycles. The lowest BCUT2D eigenvalue weighted by molar-refractivity contribution is 0.636. The number of fused-ring (bicyclic) bond motifs is 2. The molecule has 7 nitrogen and oxygen atoms in total. The fourth-order valence-corrected chi connectivity index (χ4v) is 4.89. The highest BCUT2D eigenvalue weighted by Crippen LogP contribution is 2.35. The number of imidazole rings is 1. The SMILES string of the molecule is CC(C)Nc1cncc(-c2cc(F)c3n[nH]c(-c4nc5nccc(-c6ccc(F)s6)c5[nH]4)c3c2)c1. The molecule has 0 spiro atoms. The number of hydrogen-bond acceptors (Lipinski definition) is 6. The number of anilines is 1. The molecule has 0 aliphatic rings. The van der Waals surface area contributed by atoms with Gasteiger partial charge in [0.1, 0.15) is 11.2 Å². The van der Waals surface area contributed by atoms with Gasteiger partial charge >= 0.3 is 0 Å². The molecule has 0 aliphatic carbocycles. The quantitative estimate of drug-likeness (QED) is 0.262. The summed E-state index contributed by atoms with van der Waals surface area (Å²) in [6.07, 6.45) is 5.07. The summed E-state index contributed by atoms with van der Waals surface area (Å²) in [6.45, 7) is 4.08. The summed E-state index contributed by atoms with van der Waals surface area (Å²) < 4.78 is 28.7. The lowest BCUT2D eigenvalue weighted by Crippen LogP contribution is -2.09. The number of aromatic nitrogens is 6. The van der Waals surface area contributed by atoms with Crippen molar-refractivity contribution in [3.05, 3.63) is 65.9 Å². The average molecular weight is 488 g/mol. The number of H-pyrrole nitrogens is 2. The zero-order valence-corrected chi connectivity index (χ0v) is 19.5. The second kappa shape index (κ2) is 8.24. The van der Waals surface area contributed by atoms with Gasteiger partial charge in [-0.25, -0.2) is 14.4 Å². The Kier molecular flexibility index (Phi) is 5.03. The van der Waals surface area contributed by atoms with Crippen molar-refractivity contribution in [2.45, 2.75) is 19.9 Å². The number of halogens is 2. The van der Waals surface area contributed by atoms with Crippen molar-refractivity contribution in [3.63, 3.8) is 0 Å². The first-order valence-electron chi connectivity index (χ1n) is 11.0. The van der Waals surface area contributed by atoms with Gasteiger partial charge < -0.3 is 10.3 Å². The van der Waals surface area contributed by atoms with E-state index in [0.29, 0.717) is 33.6 Å². The predicted molar refractivity (Wildman–Crippen MR) is 134 cm³/mol. The molecule has 0 saturated heterocycles. The van der Waals surface area contributed by atoms with E-state index in [1.54, 1.807) is 24.7 Å². The molecule has 6 aromatic rings. The minimum atomic E-state index is -0.453. The van der Waals surface area contributed by atoms with Crippen molar-refractivity contribution in [1.82, 2.24) is 30.1 Å². The van der Waals surface area contributed by atoms with E-state index in [-0.39, 0.29) is 16.7 Å². The number of pyridine rings is 2. The number of thiophene rings is 1. The van der Waals surface area contributed by atoms with Crippen LogP contribution in [0.15, 0.2) is 55.0 Å². The van der Waals surface area contributed by atoms with E-state index in [1.165, 1.54) is 12.1 Å². The molecule has 5 aromatic heterocycles. The Bertz CT molecular complexity index is 1700. The van der Waals surface area contributed by atoms with Gasteiger partial charge in [-0.3, -0.25) is 10.1 Å². The Hall–Kier alpha value is -4.18. The first-order valence-corrected chi connectivity index (χ1v) is 11.8. The zero-order chi connectivity index (χ0) is 24.1. The maximum absolute atomic E-state index is 15.1. The van der Waals surface area contributed by atoms with Crippen LogP contribution in [-0.4, -0.2) is 36.2 Å². The van der Waals surface area contributed by atoms with Crippen LogP contribution in [0.2, 0.25) is 0 Å². The normalized spacial score (nSPS) is 11.7. The summed E-state index contributed by atoms with van der Waals surface area (Å²) in [5.74, 6) is 0.00980. The Labute approximate surface area is 202 Å². The molecular weight excluding hydrogens is 468 g/mol. The third kappa shape index (κ3) is 3.81. The number of rotatable bonds is 5. The lowest BCUT2D eigenvalue weighted by atomic mass is 10.0. The number of benzene rings is 1. The summed E-state index contributed by atoms with van der Waals surface area (Å²) in [4.78, 5) is 17.3. The highest BCUT2D eigenvalue weighted by atomic mass is 32.1. The zero-order valence-electron chi connectivity index (χ0n) is 18.7. The van der Waals surface area contributed by atoms with Gasteiger partial charge in [0, 0.05) is 46.0 Å². The number of hydrogen-bond donors (Lipinski definition) is 3. The third-order valence-corrected chi connectivity index (χ3v) is 6.51. The fraction of sp³-hybridized carbons (Fsp3) is 0.120. The molecule has 10 heteroatoms. The van der Waals surface area contributed by atoms with Gasteiger partial charge in [-0.05, 0) is 55.8 Å². The van der Waals surface area contributed by atoms with E-state index in [2.05, 4.69) is 35.5 Å². The Morgan fingerprint density at radius 3 is 2.71 bits per heavy atom. The van der Waals surface area contributed by atoms with Crippen LogP contribution in [0.25, 0.3) is 55.2 Å². The van der Waals surface area contributed by atoms with Gasteiger partial charge in [0.25, 0.3) is 0 Å². The topological polar surface area (TPSA) is 95.2 Å². The van der Waals surface area contributed by atoms with E-state index < -0.39 is 5.82 Å². The van der Waals surface area contributed by atoms with Crippen LogP contribution in [0.4, 0.5) is 14.5 Å². The van der Waals surface area contributed by atoms with Crippen LogP contribution in [-0.2, 0) is 0 Å². The van der Waals surface area contributed by atoms with Crippen molar-refractivity contribution in [2.75, 3.05) is 5.32 Å². The Morgan fingerprint density at radius 2 is 1.91 bits per heavy atom. The van der Waals surface area contributed by atoms with Crippen LogP contribution in [0.5, 0.6) is 0 Å².